The van der Waals surface area contributed by atoms with E-state index in [2.05, 4.69) is 10.1 Å². The zero-order valence-electron chi connectivity index (χ0n) is 12.5. The lowest BCUT2D eigenvalue weighted by atomic mass is 9.85. The number of hydrogen-bond acceptors (Lipinski definition) is 5. The van der Waals surface area contributed by atoms with E-state index in [1.165, 1.54) is 18.4 Å². The van der Waals surface area contributed by atoms with Crippen molar-refractivity contribution in [3.8, 4) is 0 Å². The smallest absolute Gasteiger partial charge is 0.350 e. The van der Waals surface area contributed by atoms with Gasteiger partial charge in [0.05, 0.1) is 19.2 Å². The number of anilines is 1. The van der Waals surface area contributed by atoms with Crippen molar-refractivity contribution in [1.82, 2.24) is 0 Å². The molecule has 0 unspecified atom stereocenters. The first-order chi connectivity index (χ1) is 9.66. The molecule has 0 spiro atoms. The number of rotatable bonds is 6. The highest BCUT2D eigenvalue weighted by Gasteiger charge is 2.26. The maximum Gasteiger partial charge on any atom is 0.350 e. The molecule has 0 aliphatic carbocycles. The summed E-state index contributed by atoms with van der Waals surface area (Å²) in [5.41, 5.74) is 0.540. The van der Waals surface area contributed by atoms with Gasteiger partial charge in [-0.05, 0) is 23.3 Å². The van der Waals surface area contributed by atoms with Gasteiger partial charge in [-0.2, -0.15) is 0 Å². The van der Waals surface area contributed by atoms with Crippen molar-refractivity contribution in [3.63, 3.8) is 0 Å². The molecule has 2 N–H and O–H groups in total. The number of carbonyl (C=O) groups is 3. The molecule has 1 heterocycles. The standard InChI is InChI=1S/C14H19NO5S/c1-8-7-21-12(13(19)20-4)11(8)15-9(16)5-14(2,3)6-10(17)18/h7H,5-6H2,1-4H3,(H,15,16)(H,17,18). The predicted molar refractivity (Wildman–Crippen MR) is 79.7 cm³/mol. The van der Waals surface area contributed by atoms with Crippen LogP contribution in [0.4, 0.5) is 5.69 Å². The van der Waals surface area contributed by atoms with Gasteiger partial charge >= 0.3 is 11.9 Å². The minimum Gasteiger partial charge on any atom is -0.481 e. The van der Waals surface area contributed by atoms with E-state index in [9.17, 15) is 14.4 Å². The van der Waals surface area contributed by atoms with Gasteiger partial charge in [-0.1, -0.05) is 13.8 Å². The number of aryl methyl sites for hydroxylation is 1. The molecule has 1 aromatic heterocycles. The lowest BCUT2D eigenvalue weighted by Gasteiger charge is -2.21. The van der Waals surface area contributed by atoms with Crippen LogP contribution in [0.1, 0.15) is 41.9 Å². The van der Waals surface area contributed by atoms with E-state index in [0.29, 0.717) is 10.6 Å². The number of thiophene rings is 1. The van der Waals surface area contributed by atoms with Gasteiger partial charge in [0.25, 0.3) is 0 Å². The molecular weight excluding hydrogens is 294 g/mol. The Kier molecular flexibility index (Phi) is 5.48. The number of ether oxygens (including phenoxy) is 1. The average molecular weight is 313 g/mol. The van der Waals surface area contributed by atoms with Gasteiger partial charge in [0.1, 0.15) is 4.88 Å². The Morgan fingerprint density at radius 3 is 2.48 bits per heavy atom. The Balaban J connectivity index is 2.82. The van der Waals surface area contributed by atoms with E-state index in [-0.39, 0.29) is 18.7 Å². The van der Waals surface area contributed by atoms with Crippen molar-refractivity contribution in [2.45, 2.75) is 33.6 Å². The van der Waals surface area contributed by atoms with E-state index in [4.69, 9.17) is 5.11 Å². The number of hydrogen-bond donors (Lipinski definition) is 2. The van der Waals surface area contributed by atoms with Crippen molar-refractivity contribution < 1.29 is 24.2 Å². The van der Waals surface area contributed by atoms with Gasteiger partial charge in [0, 0.05) is 6.42 Å². The third-order valence-corrected chi connectivity index (χ3v) is 3.96. The van der Waals surface area contributed by atoms with Gasteiger partial charge in [0.2, 0.25) is 5.91 Å². The average Bonchev–Trinajstić information content (AvgIpc) is 2.67. The first-order valence-corrected chi connectivity index (χ1v) is 7.22. The molecule has 6 nitrogen and oxygen atoms in total. The van der Waals surface area contributed by atoms with Crippen LogP contribution in [0, 0.1) is 12.3 Å². The molecule has 0 aliphatic rings. The van der Waals surface area contributed by atoms with Gasteiger partial charge < -0.3 is 15.2 Å². The summed E-state index contributed by atoms with van der Waals surface area (Å²) in [6.45, 7) is 5.20. The first kappa shape index (κ1) is 17.2. The summed E-state index contributed by atoms with van der Waals surface area (Å²) in [5, 5.41) is 13.3. The monoisotopic (exact) mass is 313 g/mol. The van der Waals surface area contributed by atoms with Crippen molar-refractivity contribution in [3.05, 3.63) is 15.8 Å². The molecule has 116 valence electrons. The van der Waals surface area contributed by atoms with Gasteiger partial charge in [0.15, 0.2) is 0 Å². The highest BCUT2D eigenvalue weighted by Crippen LogP contribution is 2.30. The summed E-state index contributed by atoms with van der Waals surface area (Å²) in [5.74, 6) is -1.78. The van der Waals surface area contributed by atoms with E-state index in [1.807, 2.05) is 0 Å². The SMILES string of the molecule is COC(=O)c1scc(C)c1NC(=O)CC(C)(C)CC(=O)O. The van der Waals surface area contributed by atoms with Gasteiger partial charge in [-0.3, -0.25) is 9.59 Å². The number of carboxylic acid groups (broad SMARTS) is 1. The quantitative estimate of drug-likeness (QED) is 0.788. The Morgan fingerprint density at radius 1 is 1.33 bits per heavy atom. The zero-order chi connectivity index (χ0) is 16.2. The fourth-order valence-corrected chi connectivity index (χ4v) is 2.85. The van der Waals surface area contributed by atoms with Crippen LogP contribution in [0.15, 0.2) is 5.38 Å². The van der Waals surface area contributed by atoms with E-state index in [1.54, 1.807) is 26.2 Å². The van der Waals surface area contributed by atoms with Crippen LogP contribution in [0.25, 0.3) is 0 Å². The van der Waals surface area contributed by atoms with Crippen molar-refractivity contribution in [1.29, 1.82) is 0 Å². The zero-order valence-corrected chi connectivity index (χ0v) is 13.3. The van der Waals surface area contributed by atoms with E-state index >= 15 is 0 Å². The van der Waals surface area contributed by atoms with Crippen LogP contribution < -0.4 is 5.32 Å². The Morgan fingerprint density at radius 2 is 1.95 bits per heavy atom. The lowest BCUT2D eigenvalue weighted by Crippen LogP contribution is -2.25. The van der Waals surface area contributed by atoms with Gasteiger partial charge in [-0.15, -0.1) is 11.3 Å². The molecule has 0 radical (unpaired) electrons. The molecular formula is C14H19NO5S. The summed E-state index contributed by atoms with van der Waals surface area (Å²) in [4.78, 5) is 34.8. The van der Waals surface area contributed by atoms with Crippen LogP contribution in [0.5, 0.6) is 0 Å². The van der Waals surface area contributed by atoms with E-state index < -0.39 is 17.4 Å². The first-order valence-electron chi connectivity index (χ1n) is 6.34. The number of esters is 1. The maximum absolute atomic E-state index is 12.1. The third kappa shape index (κ3) is 4.86. The highest BCUT2D eigenvalue weighted by molar-refractivity contribution is 7.12. The summed E-state index contributed by atoms with van der Waals surface area (Å²) in [6.07, 6.45) is -0.0535. The summed E-state index contributed by atoms with van der Waals surface area (Å²) >= 11 is 1.20. The Labute approximate surface area is 127 Å². The molecule has 1 aromatic rings. The normalized spacial score (nSPS) is 11.0. The molecule has 0 bridgehead atoms. The minimum atomic E-state index is -0.949. The number of carbonyl (C=O) groups excluding carboxylic acids is 2. The molecule has 7 heteroatoms. The van der Waals surface area contributed by atoms with Crippen molar-refractivity contribution in [2.75, 3.05) is 12.4 Å². The van der Waals surface area contributed by atoms with Crippen LogP contribution in [-0.2, 0) is 14.3 Å². The minimum absolute atomic E-state index is 0.0508. The second-order valence-electron chi connectivity index (χ2n) is 5.57. The molecule has 21 heavy (non-hydrogen) atoms. The summed E-state index contributed by atoms with van der Waals surface area (Å²) in [7, 11) is 1.28. The topological polar surface area (TPSA) is 92.7 Å². The fraction of sp³-hybridized carbons (Fsp3) is 0.500. The maximum atomic E-state index is 12.1. The largest absolute Gasteiger partial charge is 0.481 e. The number of amides is 1. The van der Waals surface area contributed by atoms with Crippen LogP contribution >= 0.6 is 11.3 Å². The number of methoxy groups -OCH3 is 1. The summed E-state index contributed by atoms with van der Waals surface area (Å²) in [6, 6.07) is 0. The molecule has 0 aliphatic heterocycles. The molecule has 0 aromatic carbocycles. The van der Waals surface area contributed by atoms with Crippen LogP contribution in [0.2, 0.25) is 0 Å². The lowest BCUT2D eigenvalue weighted by molar-refractivity contribution is -0.139. The highest BCUT2D eigenvalue weighted by atomic mass is 32.1. The van der Waals surface area contributed by atoms with Crippen molar-refractivity contribution in [2.24, 2.45) is 5.41 Å². The number of carboxylic acids is 1. The van der Waals surface area contributed by atoms with Crippen LogP contribution in [-0.4, -0.2) is 30.1 Å². The molecule has 0 saturated heterocycles. The summed E-state index contributed by atoms with van der Waals surface area (Å²) < 4.78 is 4.67. The molecule has 0 atom stereocenters. The molecule has 0 saturated carbocycles. The fourth-order valence-electron chi connectivity index (χ4n) is 1.93. The second kappa shape index (κ2) is 6.71. The van der Waals surface area contributed by atoms with Gasteiger partial charge in [-0.25, -0.2) is 4.79 Å². The van der Waals surface area contributed by atoms with E-state index in [0.717, 1.165) is 5.56 Å². The third-order valence-electron chi connectivity index (χ3n) is 2.88. The Hall–Kier alpha value is -1.89. The molecule has 1 amide bonds. The number of nitrogens with one attached hydrogen (secondary N) is 1. The van der Waals surface area contributed by atoms with Crippen molar-refractivity contribution >= 4 is 34.9 Å². The molecule has 0 fully saturated rings. The molecule has 1 rings (SSSR count). The predicted octanol–water partition coefficient (Wildman–Crippen LogP) is 2.67. The number of aliphatic carboxylic acids is 1. The Bertz CT molecular complexity index is 562. The van der Waals surface area contributed by atoms with Crippen LogP contribution in [0.3, 0.4) is 0 Å². The second-order valence-corrected chi connectivity index (χ2v) is 6.45.